The molecule has 26 heavy (non-hydrogen) atoms. The number of hydrogen-bond acceptors (Lipinski definition) is 5. The zero-order chi connectivity index (χ0) is 18.8. The van der Waals surface area contributed by atoms with Gasteiger partial charge in [-0.2, -0.15) is 0 Å². The van der Waals surface area contributed by atoms with Gasteiger partial charge in [0.25, 0.3) is 0 Å². The molecule has 0 radical (unpaired) electrons. The summed E-state index contributed by atoms with van der Waals surface area (Å²) < 4.78 is 13.1. The van der Waals surface area contributed by atoms with E-state index in [1.165, 1.54) is 34.3 Å². The fourth-order valence-corrected chi connectivity index (χ4v) is 4.90. The molecule has 0 saturated heterocycles. The third-order valence-electron chi connectivity index (χ3n) is 4.20. The molecule has 0 aliphatic carbocycles. The van der Waals surface area contributed by atoms with Gasteiger partial charge in [0.05, 0.1) is 5.75 Å². The first-order valence-corrected chi connectivity index (χ1v) is 10.1. The lowest BCUT2D eigenvalue weighted by Crippen LogP contribution is -2.32. The van der Waals surface area contributed by atoms with Crippen molar-refractivity contribution < 1.29 is 9.18 Å². The Kier molecular flexibility index (Phi) is 5.58. The molecule has 0 fully saturated rings. The van der Waals surface area contributed by atoms with Gasteiger partial charge in [-0.15, -0.1) is 11.3 Å². The Morgan fingerprint density at radius 2 is 1.88 bits per heavy atom. The van der Waals surface area contributed by atoms with E-state index in [0.717, 1.165) is 15.2 Å². The molecular weight excluding hydrogens is 369 g/mol. The van der Waals surface area contributed by atoms with Crippen molar-refractivity contribution in [2.24, 2.45) is 0 Å². The molecule has 0 N–H and O–H groups in total. The molecule has 3 rings (SSSR count). The van der Waals surface area contributed by atoms with Gasteiger partial charge in [-0.1, -0.05) is 11.8 Å². The Bertz CT molecular complexity index is 954. The highest BCUT2D eigenvalue weighted by molar-refractivity contribution is 8.00. The highest BCUT2D eigenvalue weighted by atomic mass is 32.2. The van der Waals surface area contributed by atoms with Crippen LogP contribution in [0.25, 0.3) is 10.2 Å². The lowest BCUT2D eigenvalue weighted by atomic mass is 10.2. The first-order valence-electron chi connectivity index (χ1n) is 8.33. The molecule has 0 unspecified atom stereocenters. The molecule has 3 aromatic rings. The Balaban J connectivity index is 1.83. The number of anilines is 1. The molecule has 0 aliphatic rings. The first-order chi connectivity index (χ1) is 12.4. The minimum atomic E-state index is -0.311. The number of aromatic nitrogens is 2. The summed E-state index contributed by atoms with van der Waals surface area (Å²) >= 11 is 3.09. The van der Waals surface area contributed by atoms with Crippen molar-refractivity contribution in [2.45, 2.75) is 32.7 Å². The van der Waals surface area contributed by atoms with Crippen LogP contribution in [0.15, 0.2) is 29.3 Å². The molecule has 2 heterocycles. The highest BCUT2D eigenvalue weighted by Gasteiger charge is 2.18. The lowest BCUT2D eigenvalue weighted by Gasteiger charge is -2.21. The molecule has 0 aliphatic heterocycles. The summed E-state index contributed by atoms with van der Waals surface area (Å²) in [5.41, 5.74) is 1.87. The predicted molar refractivity (Wildman–Crippen MR) is 107 cm³/mol. The second-order valence-corrected chi connectivity index (χ2v) is 8.11. The van der Waals surface area contributed by atoms with Gasteiger partial charge in [-0.05, 0) is 57.5 Å². The van der Waals surface area contributed by atoms with Crippen LogP contribution in [0.4, 0.5) is 10.1 Å². The van der Waals surface area contributed by atoms with Crippen molar-refractivity contribution in [3.8, 4) is 0 Å². The summed E-state index contributed by atoms with van der Waals surface area (Å²) in [6, 6.07) is 5.99. The van der Waals surface area contributed by atoms with Gasteiger partial charge in [0.1, 0.15) is 21.5 Å². The van der Waals surface area contributed by atoms with Crippen molar-refractivity contribution in [1.29, 1.82) is 0 Å². The van der Waals surface area contributed by atoms with E-state index in [-0.39, 0.29) is 17.5 Å². The maximum Gasteiger partial charge on any atom is 0.237 e. The molecule has 1 amide bonds. The molecule has 0 spiro atoms. The molecule has 0 bridgehead atoms. The van der Waals surface area contributed by atoms with Gasteiger partial charge in [0.2, 0.25) is 5.91 Å². The van der Waals surface area contributed by atoms with Crippen LogP contribution in [0.3, 0.4) is 0 Å². The number of carbonyl (C=O) groups excluding carboxylic acids is 1. The van der Waals surface area contributed by atoms with Crippen molar-refractivity contribution in [2.75, 3.05) is 17.2 Å². The van der Waals surface area contributed by atoms with E-state index in [9.17, 15) is 9.18 Å². The van der Waals surface area contributed by atoms with Gasteiger partial charge >= 0.3 is 0 Å². The topological polar surface area (TPSA) is 46.1 Å². The fourth-order valence-electron chi connectivity index (χ4n) is 2.75. The molecule has 136 valence electrons. The van der Waals surface area contributed by atoms with Gasteiger partial charge in [-0.25, -0.2) is 14.4 Å². The largest absolute Gasteiger partial charge is 0.312 e. The predicted octanol–water partition coefficient (Wildman–Crippen LogP) is 4.90. The zero-order valence-electron chi connectivity index (χ0n) is 15.2. The number of halogens is 1. The number of amides is 1. The summed E-state index contributed by atoms with van der Waals surface area (Å²) in [7, 11) is 0. The molecule has 2 aromatic heterocycles. The van der Waals surface area contributed by atoms with E-state index in [2.05, 4.69) is 23.8 Å². The van der Waals surface area contributed by atoms with Crippen molar-refractivity contribution >= 4 is 44.9 Å². The van der Waals surface area contributed by atoms with Crippen LogP contribution in [0.2, 0.25) is 0 Å². The fraction of sp³-hybridized carbons (Fsp3) is 0.316. The standard InChI is InChI=1S/C19H20FN3OS2/c1-5-23(15-8-6-14(20)7-9-15)16(24)10-25-18-17-11(2)12(3)26-19(17)22-13(4)21-18/h6-9H,5,10H2,1-4H3. The second-order valence-electron chi connectivity index (χ2n) is 5.94. The number of rotatable bonds is 5. The van der Waals surface area contributed by atoms with Crippen molar-refractivity contribution in [3.05, 3.63) is 46.3 Å². The number of carbonyl (C=O) groups is 1. The van der Waals surface area contributed by atoms with Crippen molar-refractivity contribution in [1.82, 2.24) is 9.97 Å². The van der Waals surface area contributed by atoms with E-state index < -0.39 is 0 Å². The summed E-state index contributed by atoms with van der Waals surface area (Å²) in [6.07, 6.45) is 0. The lowest BCUT2D eigenvalue weighted by molar-refractivity contribution is -0.116. The maximum atomic E-state index is 13.1. The van der Waals surface area contributed by atoms with E-state index >= 15 is 0 Å². The summed E-state index contributed by atoms with van der Waals surface area (Å²) in [5.74, 6) is 0.636. The van der Waals surface area contributed by atoms with E-state index in [1.807, 2.05) is 13.8 Å². The number of benzene rings is 1. The minimum Gasteiger partial charge on any atom is -0.312 e. The zero-order valence-corrected chi connectivity index (χ0v) is 16.8. The number of fused-ring (bicyclic) bond motifs is 1. The summed E-state index contributed by atoms with van der Waals surface area (Å²) in [5, 5.41) is 1.89. The van der Waals surface area contributed by atoms with E-state index in [0.29, 0.717) is 18.1 Å². The number of aryl methyl sites for hydroxylation is 3. The van der Waals surface area contributed by atoms with Crippen LogP contribution in [0.1, 0.15) is 23.2 Å². The van der Waals surface area contributed by atoms with Gasteiger partial charge in [0.15, 0.2) is 0 Å². The molecule has 4 nitrogen and oxygen atoms in total. The quantitative estimate of drug-likeness (QED) is 0.460. The van der Waals surface area contributed by atoms with Crippen LogP contribution in [0, 0.1) is 26.6 Å². The number of hydrogen-bond donors (Lipinski definition) is 0. The monoisotopic (exact) mass is 389 g/mol. The summed E-state index contributed by atoms with van der Waals surface area (Å²) in [6.45, 7) is 8.44. The molecule has 7 heteroatoms. The second kappa shape index (κ2) is 7.72. The Labute approximate surface area is 160 Å². The minimum absolute atomic E-state index is 0.0295. The van der Waals surface area contributed by atoms with Crippen LogP contribution >= 0.6 is 23.1 Å². The Morgan fingerprint density at radius 3 is 2.54 bits per heavy atom. The average Bonchev–Trinajstić information content (AvgIpc) is 2.89. The van der Waals surface area contributed by atoms with Crippen LogP contribution < -0.4 is 4.90 Å². The average molecular weight is 390 g/mol. The SMILES string of the molecule is CCN(C(=O)CSc1nc(C)nc2sc(C)c(C)c12)c1ccc(F)cc1. The number of thioether (sulfide) groups is 1. The number of nitrogens with zero attached hydrogens (tertiary/aromatic N) is 3. The van der Waals surface area contributed by atoms with E-state index in [1.54, 1.807) is 28.4 Å². The normalized spacial score (nSPS) is 11.1. The Morgan fingerprint density at radius 1 is 1.19 bits per heavy atom. The van der Waals surface area contributed by atoms with Gasteiger partial charge < -0.3 is 4.90 Å². The maximum absolute atomic E-state index is 13.1. The molecule has 1 aromatic carbocycles. The van der Waals surface area contributed by atoms with E-state index in [4.69, 9.17) is 0 Å². The van der Waals surface area contributed by atoms with Gasteiger partial charge in [-0.3, -0.25) is 4.79 Å². The summed E-state index contributed by atoms with van der Waals surface area (Å²) in [4.78, 5) is 25.6. The van der Waals surface area contributed by atoms with Gasteiger partial charge in [0, 0.05) is 22.5 Å². The highest BCUT2D eigenvalue weighted by Crippen LogP contribution is 2.35. The third kappa shape index (κ3) is 3.73. The number of thiophene rings is 1. The molecule has 0 saturated carbocycles. The molecule has 0 atom stereocenters. The first kappa shape index (κ1) is 18.8. The van der Waals surface area contributed by atoms with Crippen LogP contribution in [-0.2, 0) is 4.79 Å². The smallest absolute Gasteiger partial charge is 0.237 e. The van der Waals surface area contributed by atoms with Crippen LogP contribution in [0.5, 0.6) is 0 Å². The third-order valence-corrected chi connectivity index (χ3v) is 6.26. The van der Waals surface area contributed by atoms with Crippen molar-refractivity contribution in [3.63, 3.8) is 0 Å². The van der Waals surface area contributed by atoms with Crippen LogP contribution in [-0.4, -0.2) is 28.2 Å². The Hall–Kier alpha value is -1.99. The molecular formula is C19H20FN3OS2.